The maximum absolute atomic E-state index is 5.75. The molecule has 2 nitrogen and oxygen atoms in total. The lowest BCUT2D eigenvalue weighted by atomic mass is 10.1. The third-order valence-corrected chi connectivity index (χ3v) is 3.52. The van der Waals surface area contributed by atoms with Gasteiger partial charge in [-0.15, -0.1) is 0 Å². The van der Waals surface area contributed by atoms with Crippen molar-refractivity contribution >= 4 is 27.3 Å². The second kappa shape index (κ2) is 5.44. The highest BCUT2D eigenvalue weighted by Gasteiger charge is 2.06. The molecule has 0 bridgehead atoms. The normalized spacial score (nSPS) is 12.2. The van der Waals surface area contributed by atoms with Gasteiger partial charge in [0.15, 0.2) is 0 Å². The van der Waals surface area contributed by atoms with Crippen LogP contribution in [-0.2, 0) is 0 Å². The number of rotatable bonds is 3. The van der Waals surface area contributed by atoms with Crippen LogP contribution in [0.5, 0.6) is 0 Å². The lowest BCUT2D eigenvalue weighted by Gasteiger charge is -2.17. The SMILES string of the molecule is Cc1cc(N)ccc1NC(C)c1ccc(Br)cc1. The minimum Gasteiger partial charge on any atom is -0.399 e. The highest BCUT2D eigenvalue weighted by molar-refractivity contribution is 9.10. The zero-order chi connectivity index (χ0) is 13.1. The number of nitrogen functional groups attached to an aromatic ring is 1. The van der Waals surface area contributed by atoms with Gasteiger partial charge in [0.2, 0.25) is 0 Å². The molecule has 18 heavy (non-hydrogen) atoms. The zero-order valence-electron chi connectivity index (χ0n) is 10.6. The van der Waals surface area contributed by atoms with Gasteiger partial charge in [-0.25, -0.2) is 0 Å². The summed E-state index contributed by atoms with van der Waals surface area (Å²) in [5.74, 6) is 0. The summed E-state index contributed by atoms with van der Waals surface area (Å²) in [4.78, 5) is 0. The van der Waals surface area contributed by atoms with Crippen molar-refractivity contribution in [1.82, 2.24) is 0 Å². The minimum absolute atomic E-state index is 0.264. The molecule has 2 rings (SSSR count). The number of halogens is 1. The molecular weight excluding hydrogens is 288 g/mol. The van der Waals surface area contributed by atoms with Crippen molar-refractivity contribution in [3.8, 4) is 0 Å². The molecule has 0 aromatic heterocycles. The molecule has 0 spiro atoms. The van der Waals surface area contributed by atoms with E-state index in [0.29, 0.717) is 0 Å². The third-order valence-electron chi connectivity index (χ3n) is 2.99. The smallest absolute Gasteiger partial charge is 0.0485 e. The summed E-state index contributed by atoms with van der Waals surface area (Å²) in [6, 6.07) is 14.6. The number of nitrogens with one attached hydrogen (secondary N) is 1. The van der Waals surface area contributed by atoms with E-state index in [1.807, 2.05) is 18.2 Å². The van der Waals surface area contributed by atoms with Crippen molar-refractivity contribution in [2.45, 2.75) is 19.9 Å². The minimum atomic E-state index is 0.264. The fraction of sp³-hybridized carbons (Fsp3) is 0.200. The molecule has 0 aliphatic rings. The Labute approximate surface area is 116 Å². The molecule has 0 radical (unpaired) electrons. The van der Waals surface area contributed by atoms with Gasteiger partial charge in [0.05, 0.1) is 0 Å². The summed E-state index contributed by atoms with van der Waals surface area (Å²) < 4.78 is 1.10. The first-order valence-electron chi connectivity index (χ1n) is 5.94. The van der Waals surface area contributed by atoms with Crippen LogP contribution >= 0.6 is 15.9 Å². The summed E-state index contributed by atoms with van der Waals surface area (Å²) in [7, 11) is 0. The lowest BCUT2D eigenvalue weighted by Crippen LogP contribution is -2.07. The largest absolute Gasteiger partial charge is 0.399 e. The highest BCUT2D eigenvalue weighted by Crippen LogP contribution is 2.24. The Morgan fingerprint density at radius 1 is 1.11 bits per heavy atom. The van der Waals surface area contributed by atoms with Gasteiger partial charge in [-0.3, -0.25) is 0 Å². The van der Waals surface area contributed by atoms with Crippen LogP contribution in [0.4, 0.5) is 11.4 Å². The van der Waals surface area contributed by atoms with Crippen molar-refractivity contribution in [2.75, 3.05) is 11.1 Å². The summed E-state index contributed by atoms with van der Waals surface area (Å²) >= 11 is 3.45. The van der Waals surface area contributed by atoms with Gasteiger partial charge >= 0.3 is 0 Å². The van der Waals surface area contributed by atoms with Gasteiger partial charge in [0.25, 0.3) is 0 Å². The summed E-state index contributed by atoms with van der Waals surface area (Å²) in [5.41, 5.74) is 10.1. The van der Waals surface area contributed by atoms with Crippen molar-refractivity contribution < 1.29 is 0 Å². The second-order valence-corrected chi connectivity index (χ2v) is 5.41. The van der Waals surface area contributed by atoms with Gasteiger partial charge in [-0.2, -0.15) is 0 Å². The predicted octanol–water partition coefficient (Wildman–Crippen LogP) is 4.51. The fourth-order valence-corrected chi connectivity index (χ4v) is 2.18. The molecule has 1 atom stereocenters. The predicted molar refractivity (Wildman–Crippen MR) is 81.8 cm³/mol. The van der Waals surface area contributed by atoms with Crippen LogP contribution in [0.2, 0.25) is 0 Å². The average molecular weight is 305 g/mol. The first-order valence-corrected chi connectivity index (χ1v) is 6.73. The average Bonchev–Trinajstić information content (AvgIpc) is 2.33. The quantitative estimate of drug-likeness (QED) is 0.819. The topological polar surface area (TPSA) is 38.0 Å². The standard InChI is InChI=1S/C15H17BrN2/c1-10-9-14(17)7-8-15(10)18-11(2)12-3-5-13(16)6-4-12/h3-9,11,18H,17H2,1-2H3. The van der Waals surface area contributed by atoms with Crippen LogP contribution in [0.25, 0.3) is 0 Å². The number of hydrogen-bond donors (Lipinski definition) is 2. The Bertz CT molecular complexity index is 535. The number of benzene rings is 2. The maximum atomic E-state index is 5.75. The molecule has 0 aliphatic carbocycles. The first kappa shape index (κ1) is 13.0. The maximum Gasteiger partial charge on any atom is 0.0485 e. The zero-order valence-corrected chi connectivity index (χ0v) is 12.2. The van der Waals surface area contributed by atoms with Crippen LogP contribution < -0.4 is 11.1 Å². The molecule has 2 aromatic carbocycles. The Morgan fingerprint density at radius 2 is 1.78 bits per heavy atom. The van der Waals surface area contributed by atoms with Gasteiger partial charge in [0.1, 0.15) is 0 Å². The van der Waals surface area contributed by atoms with Gasteiger partial charge in [-0.05, 0) is 55.3 Å². The molecule has 94 valence electrons. The number of hydrogen-bond acceptors (Lipinski definition) is 2. The van der Waals surface area contributed by atoms with Gasteiger partial charge < -0.3 is 11.1 Å². The van der Waals surface area contributed by atoms with E-state index in [-0.39, 0.29) is 6.04 Å². The van der Waals surface area contributed by atoms with E-state index in [1.165, 1.54) is 11.1 Å². The first-order chi connectivity index (χ1) is 8.56. The number of aryl methyl sites for hydroxylation is 1. The van der Waals surface area contributed by atoms with Gasteiger partial charge in [0, 0.05) is 21.9 Å². The van der Waals surface area contributed by atoms with E-state index in [4.69, 9.17) is 5.73 Å². The number of anilines is 2. The van der Waals surface area contributed by atoms with E-state index in [0.717, 1.165) is 15.8 Å². The molecule has 0 aliphatic heterocycles. The molecule has 3 heteroatoms. The van der Waals surface area contributed by atoms with Crippen molar-refractivity contribution in [3.05, 3.63) is 58.1 Å². The van der Waals surface area contributed by atoms with Gasteiger partial charge in [-0.1, -0.05) is 28.1 Å². The molecule has 0 heterocycles. The van der Waals surface area contributed by atoms with Crippen LogP contribution in [-0.4, -0.2) is 0 Å². The molecule has 0 saturated heterocycles. The Morgan fingerprint density at radius 3 is 2.39 bits per heavy atom. The van der Waals surface area contributed by atoms with E-state index >= 15 is 0 Å². The van der Waals surface area contributed by atoms with Crippen LogP contribution in [0.3, 0.4) is 0 Å². The molecule has 3 N–H and O–H groups in total. The molecular formula is C15H17BrN2. The second-order valence-electron chi connectivity index (χ2n) is 4.49. The van der Waals surface area contributed by atoms with Crippen LogP contribution in [0.1, 0.15) is 24.1 Å². The Hall–Kier alpha value is -1.48. The lowest BCUT2D eigenvalue weighted by molar-refractivity contribution is 0.882. The number of nitrogens with two attached hydrogens (primary N) is 1. The van der Waals surface area contributed by atoms with Crippen molar-refractivity contribution in [1.29, 1.82) is 0 Å². The van der Waals surface area contributed by atoms with Crippen molar-refractivity contribution in [2.24, 2.45) is 0 Å². The third kappa shape index (κ3) is 3.05. The summed E-state index contributed by atoms with van der Waals surface area (Å²) in [5, 5.41) is 3.50. The summed E-state index contributed by atoms with van der Waals surface area (Å²) in [6.07, 6.45) is 0. The molecule has 1 unspecified atom stereocenters. The van der Waals surface area contributed by atoms with E-state index in [1.54, 1.807) is 0 Å². The fourth-order valence-electron chi connectivity index (χ4n) is 1.92. The summed E-state index contributed by atoms with van der Waals surface area (Å²) in [6.45, 7) is 4.21. The van der Waals surface area contributed by atoms with Crippen LogP contribution in [0, 0.1) is 6.92 Å². The van der Waals surface area contributed by atoms with E-state index < -0.39 is 0 Å². The van der Waals surface area contributed by atoms with E-state index in [2.05, 4.69) is 59.4 Å². The van der Waals surface area contributed by atoms with Crippen molar-refractivity contribution in [3.63, 3.8) is 0 Å². The Balaban J connectivity index is 2.15. The molecule has 0 saturated carbocycles. The molecule has 2 aromatic rings. The monoisotopic (exact) mass is 304 g/mol. The molecule has 0 amide bonds. The highest BCUT2D eigenvalue weighted by atomic mass is 79.9. The molecule has 0 fully saturated rings. The van der Waals surface area contributed by atoms with Crippen LogP contribution in [0.15, 0.2) is 46.9 Å². The van der Waals surface area contributed by atoms with E-state index in [9.17, 15) is 0 Å². The Kier molecular flexibility index (Phi) is 3.92.